The molecule has 2 heterocycles. The first-order valence-electron chi connectivity index (χ1n) is 8.46. The van der Waals surface area contributed by atoms with Gasteiger partial charge >= 0.3 is 0 Å². The maximum Gasteiger partial charge on any atom is 0.231 e. The van der Waals surface area contributed by atoms with Crippen molar-refractivity contribution in [3.05, 3.63) is 18.0 Å². The summed E-state index contributed by atoms with van der Waals surface area (Å²) >= 11 is 0. The van der Waals surface area contributed by atoms with Crippen molar-refractivity contribution in [2.24, 2.45) is 0 Å². The Labute approximate surface area is 158 Å². The van der Waals surface area contributed by atoms with Gasteiger partial charge in [-0.2, -0.15) is 4.98 Å². The molecule has 148 valence electrons. The summed E-state index contributed by atoms with van der Waals surface area (Å²) in [6.45, 7) is 0.860. The van der Waals surface area contributed by atoms with Crippen molar-refractivity contribution < 1.29 is 27.2 Å². The maximum atomic E-state index is 11.8. The van der Waals surface area contributed by atoms with Gasteiger partial charge in [0.2, 0.25) is 27.5 Å². The molecule has 10 heteroatoms. The standard InChI is InChI=1S/C17H23N3O6S/c1-23-13-8-12(9-14(24-2)15(13)25-3)16-18-17(26-19-16)11-6-5-7-20(10-11)27(4,21)22/h8-9,11H,5-7,10H2,1-4H3/t11-/m1/s1. The van der Waals surface area contributed by atoms with Gasteiger partial charge in [-0.3, -0.25) is 0 Å². The fourth-order valence-corrected chi connectivity index (χ4v) is 4.09. The van der Waals surface area contributed by atoms with Crippen LogP contribution in [0.2, 0.25) is 0 Å². The van der Waals surface area contributed by atoms with E-state index in [4.69, 9.17) is 18.7 Å². The number of ether oxygens (including phenoxy) is 3. The lowest BCUT2D eigenvalue weighted by Gasteiger charge is -2.28. The van der Waals surface area contributed by atoms with E-state index in [9.17, 15) is 8.42 Å². The average Bonchev–Trinajstić information content (AvgIpc) is 3.16. The lowest BCUT2D eigenvalue weighted by molar-refractivity contribution is 0.266. The number of hydrogen-bond donors (Lipinski definition) is 0. The van der Waals surface area contributed by atoms with Gasteiger partial charge in [-0.25, -0.2) is 12.7 Å². The van der Waals surface area contributed by atoms with Crippen molar-refractivity contribution in [1.29, 1.82) is 0 Å². The summed E-state index contributed by atoms with van der Waals surface area (Å²) in [6, 6.07) is 3.47. The van der Waals surface area contributed by atoms with E-state index in [2.05, 4.69) is 10.1 Å². The molecule has 0 radical (unpaired) electrons. The van der Waals surface area contributed by atoms with Gasteiger partial charge in [-0.1, -0.05) is 5.16 Å². The number of nitrogens with zero attached hydrogens (tertiary/aromatic N) is 3. The van der Waals surface area contributed by atoms with Crippen LogP contribution in [-0.2, 0) is 10.0 Å². The molecule has 0 spiro atoms. The molecular weight excluding hydrogens is 374 g/mol. The third kappa shape index (κ3) is 4.01. The largest absolute Gasteiger partial charge is 0.493 e. The van der Waals surface area contributed by atoms with E-state index in [0.717, 1.165) is 12.8 Å². The van der Waals surface area contributed by atoms with Crippen LogP contribution < -0.4 is 14.2 Å². The molecule has 1 atom stereocenters. The van der Waals surface area contributed by atoms with Gasteiger partial charge in [-0.15, -0.1) is 0 Å². The van der Waals surface area contributed by atoms with Crippen molar-refractivity contribution in [2.45, 2.75) is 18.8 Å². The van der Waals surface area contributed by atoms with E-state index in [1.54, 1.807) is 12.1 Å². The van der Waals surface area contributed by atoms with E-state index in [0.29, 0.717) is 47.6 Å². The summed E-state index contributed by atoms with van der Waals surface area (Å²) in [6.07, 6.45) is 2.76. The molecular formula is C17H23N3O6S. The van der Waals surface area contributed by atoms with Crippen LogP contribution in [0.3, 0.4) is 0 Å². The third-order valence-electron chi connectivity index (χ3n) is 4.57. The second-order valence-electron chi connectivity index (χ2n) is 6.33. The predicted molar refractivity (Wildman–Crippen MR) is 97.8 cm³/mol. The number of methoxy groups -OCH3 is 3. The molecule has 3 rings (SSSR count). The Balaban J connectivity index is 1.90. The predicted octanol–water partition coefficient (Wildman–Crippen LogP) is 1.90. The number of piperidine rings is 1. The average molecular weight is 397 g/mol. The van der Waals surface area contributed by atoms with Crippen molar-refractivity contribution >= 4 is 10.0 Å². The molecule has 27 heavy (non-hydrogen) atoms. The minimum absolute atomic E-state index is 0.128. The van der Waals surface area contributed by atoms with Gasteiger partial charge in [0, 0.05) is 18.7 Å². The smallest absolute Gasteiger partial charge is 0.231 e. The van der Waals surface area contributed by atoms with E-state index in [1.807, 2.05) is 0 Å². The fraction of sp³-hybridized carbons (Fsp3) is 0.529. The maximum absolute atomic E-state index is 11.8. The van der Waals surface area contributed by atoms with Crippen LogP contribution in [0.1, 0.15) is 24.7 Å². The van der Waals surface area contributed by atoms with Gasteiger partial charge < -0.3 is 18.7 Å². The fourth-order valence-electron chi connectivity index (χ4n) is 3.17. The second-order valence-corrected chi connectivity index (χ2v) is 8.31. The Morgan fingerprint density at radius 1 is 1.15 bits per heavy atom. The number of aromatic nitrogens is 2. The van der Waals surface area contributed by atoms with Crippen molar-refractivity contribution in [3.63, 3.8) is 0 Å². The Kier molecular flexibility index (Phi) is 5.56. The van der Waals surface area contributed by atoms with Crippen molar-refractivity contribution in [3.8, 4) is 28.6 Å². The summed E-state index contributed by atoms with van der Waals surface area (Å²) < 4.78 is 46.5. The normalized spacial score (nSPS) is 18.3. The molecule has 0 amide bonds. The minimum Gasteiger partial charge on any atom is -0.493 e. The molecule has 0 aliphatic carbocycles. The zero-order valence-corrected chi connectivity index (χ0v) is 16.6. The molecule has 1 fully saturated rings. The highest BCUT2D eigenvalue weighted by Crippen LogP contribution is 2.41. The van der Waals surface area contributed by atoms with Crippen LogP contribution in [0.4, 0.5) is 0 Å². The second kappa shape index (κ2) is 7.73. The van der Waals surface area contributed by atoms with Crippen molar-refractivity contribution in [1.82, 2.24) is 14.4 Å². The molecule has 1 aromatic carbocycles. The quantitative estimate of drug-likeness (QED) is 0.728. The third-order valence-corrected chi connectivity index (χ3v) is 5.84. The summed E-state index contributed by atoms with van der Waals surface area (Å²) in [5.41, 5.74) is 0.648. The van der Waals surface area contributed by atoms with E-state index in [-0.39, 0.29) is 5.92 Å². The zero-order chi connectivity index (χ0) is 19.6. The summed E-state index contributed by atoms with van der Waals surface area (Å²) in [5, 5.41) is 4.05. The molecule has 1 aliphatic heterocycles. The number of benzene rings is 1. The first-order valence-corrected chi connectivity index (χ1v) is 10.3. The number of hydrogen-bond acceptors (Lipinski definition) is 8. The monoisotopic (exact) mass is 397 g/mol. The van der Waals surface area contributed by atoms with Gasteiger partial charge in [0.05, 0.1) is 33.5 Å². The SMILES string of the molecule is COc1cc(-c2noc([C@@H]3CCCN(S(C)(=O)=O)C3)n2)cc(OC)c1OC. The van der Waals surface area contributed by atoms with Gasteiger partial charge in [0.1, 0.15) is 0 Å². The zero-order valence-electron chi connectivity index (χ0n) is 15.8. The molecule has 9 nitrogen and oxygen atoms in total. The highest BCUT2D eigenvalue weighted by molar-refractivity contribution is 7.88. The first kappa shape index (κ1) is 19.4. The molecule has 1 aromatic heterocycles. The van der Waals surface area contributed by atoms with Crippen LogP contribution in [-0.4, -0.2) is 63.5 Å². The van der Waals surface area contributed by atoms with Gasteiger partial charge in [-0.05, 0) is 25.0 Å². The van der Waals surface area contributed by atoms with Crippen LogP contribution in [0.25, 0.3) is 11.4 Å². The molecule has 0 bridgehead atoms. The van der Waals surface area contributed by atoms with E-state index in [1.165, 1.54) is 31.9 Å². The van der Waals surface area contributed by atoms with E-state index >= 15 is 0 Å². The van der Waals surface area contributed by atoms with Crippen LogP contribution >= 0.6 is 0 Å². The van der Waals surface area contributed by atoms with Crippen LogP contribution in [0, 0.1) is 0 Å². The minimum atomic E-state index is -3.24. The summed E-state index contributed by atoms with van der Waals surface area (Å²) in [7, 11) is 1.35. The van der Waals surface area contributed by atoms with Crippen molar-refractivity contribution in [2.75, 3.05) is 40.7 Å². The summed E-state index contributed by atoms with van der Waals surface area (Å²) in [4.78, 5) is 4.48. The van der Waals surface area contributed by atoms with Crippen LogP contribution in [0.15, 0.2) is 16.7 Å². The molecule has 0 N–H and O–H groups in total. The highest BCUT2D eigenvalue weighted by Gasteiger charge is 2.30. The van der Waals surface area contributed by atoms with Gasteiger partial charge in [0.25, 0.3) is 0 Å². The Bertz CT molecular complexity index is 886. The Morgan fingerprint density at radius 3 is 2.37 bits per heavy atom. The summed E-state index contributed by atoms with van der Waals surface area (Å²) in [5.74, 6) is 2.12. The Hall–Kier alpha value is -2.33. The lowest BCUT2D eigenvalue weighted by atomic mass is 10.00. The molecule has 1 saturated heterocycles. The molecule has 2 aromatic rings. The number of sulfonamides is 1. The highest BCUT2D eigenvalue weighted by atomic mass is 32.2. The molecule has 1 aliphatic rings. The van der Waals surface area contributed by atoms with E-state index < -0.39 is 10.0 Å². The van der Waals surface area contributed by atoms with Gasteiger partial charge in [0.15, 0.2) is 11.5 Å². The molecule has 0 saturated carbocycles. The first-order chi connectivity index (χ1) is 12.9. The topological polar surface area (TPSA) is 104 Å². The Morgan fingerprint density at radius 2 is 1.81 bits per heavy atom. The lowest BCUT2D eigenvalue weighted by Crippen LogP contribution is -2.38. The van der Waals surface area contributed by atoms with Crippen LogP contribution in [0.5, 0.6) is 17.2 Å². The number of rotatable bonds is 6. The molecule has 0 unspecified atom stereocenters.